The van der Waals surface area contributed by atoms with Crippen LogP contribution in [0.3, 0.4) is 0 Å². The average molecular weight is 243 g/mol. The van der Waals surface area contributed by atoms with Crippen molar-refractivity contribution in [2.45, 2.75) is 6.18 Å². The van der Waals surface area contributed by atoms with Gasteiger partial charge in [0.2, 0.25) is 0 Å². The molecule has 1 N–H and O–H groups in total. The molecule has 0 atom stereocenters. The molecule has 0 unspecified atom stereocenters. The lowest BCUT2D eigenvalue weighted by molar-refractivity contribution is -0.141. The van der Waals surface area contributed by atoms with Crippen molar-refractivity contribution in [2.24, 2.45) is 7.05 Å². The number of hydrogen-bond donors (Lipinski definition) is 1. The third-order valence-corrected chi connectivity index (χ3v) is 2.26. The summed E-state index contributed by atoms with van der Waals surface area (Å²) in [5, 5.41) is 0. The maximum atomic E-state index is 12.5. The highest BCUT2D eigenvalue weighted by Gasteiger charge is 2.32. The largest absolute Gasteiger partial charge is 0.431 e. The molecule has 0 saturated heterocycles. The molecule has 0 fully saturated rings. The molecule has 90 valence electrons. The monoisotopic (exact) mass is 243 g/mol. The van der Waals surface area contributed by atoms with E-state index in [-0.39, 0.29) is 5.69 Å². The Kier molecular flexibility index (Phi) is 2.53. The molecular formula is C10H8F3N3O. The highest BCUT2D eigenvalue weighted by molar-refractivity contribution is 5.55. The number of aryl methyl sites for hydroxylation is 1. The highest BCUT2D eigenvalue weighted by atomic mass is 19.4. The van der Waals surface area contributed by atoms with Gasteiger partial charge in [0.1, 0.15) is 5.69 Å². The lowest BCUT2D eigenvalue weighted by Gasteiger charge is -2.08. The number of nitrogens with one attached hydrogen (secondary N) is 1. The van der Waals surface area contributed by atoms with Crippen molar-refractivity contribution in [3.8, 4) is 11.4 Å². The van der Waals surface area contributed by atoms with E-state index in [9.17, 15) is 18.0 Å². The Morgan fingerprint density at radius 2 is 2.12 bits per heavy atom. The standard InChI is InChI=1S/C10H8F3N3O/c1-16-4-2-3-7(16)6-5-8(10(11,12)13)15-9(17)14-6/h2-5H,1H3,(H,14,15,17). The molecule has 0 aliphatic rings. The fourth-order valence-electron chi connectivity index (χ4n) is 1.47. The number of alkyl halides is 3. The summed E-state index contributed by atoms with van der Waals surface area (Å²) in [6.45, 7) is 0. The molecule has 4 nitrogen and oxygen atoms in total. The molecule has 0 saturated carbocycles. The number of nitrogens with zero attached hydrogens (tertiary/aromatic N) is 2. The molecule has 0 bridgehead atoms. The number of halogens is 3. The maximum absolute atomic E-state index is 12.5. The minimum absolute atomic E-state index is 0.00595. The van der Waals surface area contributed by atoms with Gasteiger partial charge in [0.25, 0.3) is 0 Å². The number of rotatable bonds is 1. The molecule has 0 spiro atoms. The zero-order valence-electron chi connectivity index (χ0n) is 8.75. The Bertz CT molecular complexity index is 597. The lowest BCUT2D eigenvalue weighted by Crippen LogP contribution is -2.19. The number of aromatic nitrogens is 3. The van der Waals surface area contributed by atoms with Gasteiger partial charge in [-0.2, -0.15) is 18.2 Å². The molecule has 0 aliphatic heterocycles. The molecule has 2 aromatic heterocycles. The van der Waals surface area contributed by atoms with Gasteiger partial charge in [0.15, 0.2) is 0 Å². The summed E-state index contributed by atoms with van der Waals surface area (Å²) in [6, 6.07) is 4.06. The van der Waals surface area contributed by atoms with Crippen molar-refractivity contribution in [3.63, 3.8) is 0 Å². The summed E-state index contributed by atoms with van der Waals surface area (Å²) in [6.07, 6.45) is -2.94. The maximum Gasteiger partial charge on any atom is 0.431 e. The van der Waals surface area contributed by atoms with Crippen LogP contribution in [0.2, 0.25) is 0 Å². The van der Waals surface area contributed by atoms with E-state index >= 15 is 0 Å². The van der Waals surface area contributed by atoms with Crippen LogP contribution >= 0.6 is 0 Å². The van der Waals surface area contributed by atoms with E-state index < -0.39 is 17.6 Å². The molecule has 0 radical (unpaired) electrons. The SMILES string of the molecule is Cn1cccc1-c1cc(C(F)(F)F)[nH]c(=O)n1. The van der Waals surface area contributed by atoms with Crippen molar-refractivity contribution in [1.29, 1.82) is 0 Å². The third kappa shape index (κ3) is 2.22. The van der Waals surface area contributed by atoms with Crippen LogP contribution in [0, 0.1) is 0 Å². The van der Waals surface area contributed by atoms with Crippen LogP contribution in [0.4, 0.5) is 13.2 Å². The van der Waals surface area contributed by atoms with E-state index in [2.05, 4.69) is 4.98 Å². The van der Waals surface area contributed by atoms with E-state index in [0.717, 1.165) is 6.07 Å². The highest BCUT2D eigenvalue weighted by Crippen LogP contribution is 2.28. The topological polar surface area (TPSA) is 50.7 Å². The molecule has 2 heterocycles. The summed E-state index contributed by atoms with van der Waals surface area (Å²) in [5.74, 6) is 0. The van der Waals surface area contributed by atoms with Crippen molar-refractivity contribution in [1.82, 2.24) is 14.5 Å². The second-order valence-electron chi connectivity index (χ2n) is 3.49. The van der Waals surface area contributed by atoms with Crippen molar-refractivity contribution in [3.05, 3.63) is 40.6 Å². The Labute approximate surface area is 93.7 Å². The Morgan fingerprint density at radius 3 is 2.65 bits per heavy atom. The summed E-state index contributed by atoms with van der Waals surface area (Å²) in [5.41, 5.74) is -1.68. The summed E-state index contributed by atoms with van der Waals surface area (Å²) in [4.78, 5) is 16.3. The van der Waals surface area contributed by atoms with Gasteiger partial charge in [0.05, 0.1) is 11.4 Å². The van der Waals surface area contributed by atoms with Crippen LogP contribution < -0.4 is 5.69 Å². The second kappa shape index (κ2) is 3.76. The number of hydrogen-bond acceptors (Lipinski definition) is 2. The predicted molar refractivity (Wildman–Crippen MR) is 54.3 cm³/mol. The molecule has 0 aliphatic carbocycles. The zero-order chi connectivity index (χ0) is 12.6. The van der Waals surface area contributed by atoms with Crippen LogP contribution in [0.25, 0.3) is 11.4 Å². The fraction of sp³-hybridized carbons (Fsp3) is 0.200. The first-order chi connectivity index (χ1) is 7.88. The fourth-order valence-corrected chi connectivity index (χ4v) is 1.47. The van der Waals surface area contributed by atoms with Gasteiger partial charge in [-0.1, -0.05) is 0 Å². The van der Waals surface area contributed by atoms with Gasteiger partial charge in [-0.25, -0.2) is 4.79 Å². The molecule has 2 aromatic rings. The Morgan fingerprint density at radius 1 is 1.41 bits per heavy atom. The number of aromatic amines is 1. The minimum Gasteiger partial charge on any atom is -0.349 e. The van der Waals surface area contributed by atoms with Crippen molar-refractivity contribution >= 4 is 0 Å². The predicted octanol–water partition coefficient (Wildman–Crippen LogP) is 1.79. The second-order valence-corrected chi connectivity index (χ2v) is 3.49. The molecule has 7 heteroatoms. The molecule has 0 amide bonds. The van der Waals surface area contributed by atoms with E-state index in [1.807, 2.05) is 0 Å². The third-order valence-electron chi connectivity index (χ3n) is 2.26. The van der Waals surface area contributed by atoms with Gasteiger partial charge in [-0.3, -0.25) is 0 Å². The Hall–Kier alpha value is -2.05. The van der Waals surface area contributed by atoms with E-state index in [1.54, 1.807) is 34.9 Å². The Balaban J connectivity index is 2.61. The lowest BCUT2D eigenvalue weighted by atomic mass is 10.2. The zero-order valence-corrected chi connectivity index (χ0v) is 8.75. The van der Waals surface area contributed by atoms with Crippen molar-refractivity contribution in [2.75, 3.05) is 0 Å². The smallest absolute Gasteiger partial charge is 0.349 e. The van der Waals surface area contributed by atoms with Crippen LogP contribution in [0.1, 0.15) is 5.69 Å². The molecule has 0 aromatic carbocycles. The van der Waals surface area contributed by atoms with E-state index in [4.69, 9.17) is 0 Å². The summed E-state index contributed by atoms with van der Waals surface area (Å²) >= 11 is 0. The van der Waals surface area contributed by atoms with Crippen LogP contribution in [-0.2, 0) is 13.2 Å². The van der Waals surface area contributed by atoms with E-state index in [0.29, 0.717) is 5.69 Å². The summed E-state index contributed by atoms with van der Waals surface area (Å²) < 4.78 is 39.0. The average Bonchev–Trinajstić information content (AvgIpc) is 2.62. The first-order valence-electron chi connectivity index (χ1n) is 4.68. The first-order valence-corrected chi connectivity index (χ1v) is 4.68. The van der Waals surface area contributed by atoms with Crippen LogP contribution in [0.15, 0.2) is 29.2 Å². The molecule has 17 heavy (non-hydrogen) atoms. The van der Waals surface area contributed by atoms with Crippen LogP contribution in [0.5, 0.6) is 0 Å². The normalized spacial score (nSPS) is 11.8. The van der Waals surface area contributed by atoms with Gasteiger partial charge in [0, 0.05) is 13.2 Å². The first kappa shape index (κ1) is 11.4. The van der Waals surface area contributed by atoms with Gasteiger partial charge in [-0.05, 0) is 18.2 Å². The van der Waals surface area contributed by atoms with Gasteiger partial charge in [-0.15, -0.1) is 0 Å². The van der Waals surface area contributed by atoms with Gasteiger partial charge >= 0.3 is 11.9 Å². The minimum atomic E-state index is -4.60. The molecular weight excluding hydrogens is 235 g/mol. The summed E-state index contributed by atoms with van der Waals surface area (Å²) in [7, 11) is 1.66. The molecule has 2 rings (SSSR count). The van der Waals surface area contributed by atoms with Gasteiger partial charge < -0.3 is 9.55 Å². The quantitative estimate of drug-likeness (QED) is 0.830. The number of H-pyrrole nitrogens is 1. The van der Waals surface area contributed by atoms with E-state index in [1.165, 1.54) is 0 Å². The van der Waals surface area contributed by atoms with Crippen LogP contribution in [-0.4, -0.2) is 14.5 Å². The van der Waals surface area contributed by atoms with Crippen molar-refractivity contribution < 1.29 is 13.2 Å².